The normalized spacial score (nSPS) is 18.7. The monoisotopic (exact) mass is 445 g/mol. The molecule has 2 aliphatic rings. The molecule has 0 saturated heterocycles. The number of carbonyl (C=O) groups excluding carboxylic acids is 2. The summed E-state index contributed by atoms with van der Waals surface area (Å²) in [7, 11) is 0. The number of aromatic nitrogens is 2. The van der Waals surface area contributed by atoms with Crippen LogP contribution in [0.2, 0.25) is 0 Å². The topological polar surface area (TPSA) is 79.3 Å². The largest absolute Gasteiger partial charge is 0.501 e. The molecule has 2 heterocycles. The Hall–Kier alpha value is -3.56. The van der Waals surface area contributed by atoms with Crippen molar-refractivity contribution in [2.75, 3.05) is 6.54 Å². The van der Waals surface area contributed by atoms with E-state index in [2.05, 4.69) is 10.1 Å². The fourth-order valence-electron chi connectivity index (χ4n) is 3.59. The molecule has 0 fully saturated rings. The number of carbonyl (C=O) groups is 2. The van der Waals surface area contributed by atoms with Crippen LogP contribution in [0.3, 0.4) is 0 Å². The van der Waals surface area contributed by atoms with Crippen molar-refractivity contribution < 1.29 is 31.9 Å². The first kappa shape index (κ1) is 21.7. The molecule has 32 heavy (non-hydrogen) atoms. The predicted molar refractivity (Wildman–Crippen MR) is 107 cm³/mol. The maximum absolute atomic E-state index is 13.1. The highest BCUT2D eigenvalue weighted by Crippen LogP contribution is 2.30. The summed E-state index contributed by atoms with van der Waals surface area (Å²) < 4.78 is 45.0. The summed E-state index contributed by atoms with van der Waals surface area (Å²) in [5, 5.41) is 3.83. The Kier molecular flexibility index (Phi) is 5.53. The molecule has 1 aromatic heterocycles. The lowest BCUT2D eigenvalue weighted by Crippen LogP contribution is -2.55. The van der Waals surface area contributed by atoms with E-state index < -0.39 is 23.7 Å². The maximum atomic E-state index is 13.1. The smallest absolute Gasteiger partial charge is 0.335 e. The number of urea groups is 1. The average Bonchev–Trinajstić information content (AvgIpc) is 3.22. The minimum atomic E-state index is -4.44. The van der Waals surface area contributed by atoms with E-state index in [-0.39, 0.29) is 36.6 Å². The van der Waals surface area contributed by atoms with Gasteiger partial charge in [0.25, 0.3) is 5.89 Å². The van der Waals surface area contributed by atoms with Crippen molar-refractivity contribution in [2.24, 2.45) is 11.8 Å². The Labute approximate surface area is 181 Å². The summed E-state index contributed by atoms with van der Waals surface area (Å²) in [6.07, 6.45) is 2.47. The number of benzene rings is 1. The van der Waals surface area contributed by atoms with Crippen LogP contribution in [-0.4, -0.2) is 43.8 Å². The zero-order chi connectivity index (χ0) is 23.0. The van der Waals surface area contributed by atoms with Gasteiger partial charge in [-0.25, -0.2) is 4.79 Å². The number of nitrogens with zero attached hydrogens (tertiary/aromatic N) is 4. The number of rotatable bonds is 5. The molecule has 10 heteroatoms. The van der Waals surface area contributed by atoms with Gasteiger partial charge >= 0.3 is 18.1 Å². The molecule has 166 valence electrons. The first-order valence-electron chi connectivity index (χ1n) is 10.00. The maximum Gasteiger partial charge on any atom is 0.501 e. The van der Waals surface area contributed by atoms with Crippen molar-refractivity contribution in [2.45, 2.75) is 26.6 Å². The minimum absolute atomic E-state index is 0.0711. The molecular weight excluding hydrogens is 425 g/mol. The lowest BCUT2D eigenvalue weighted by Gasteiger charge is -2.27. The van der Waals surface area contributed by atoms with E-state index in [0.29, 0.717) is 11.3 Å². The van der Waals surface area contributed by atoms with Crippen LogP contribution < -0.4 is 0 Å². The van der Waals surface area contributed by atoms with Gasteiger partial charge in [-0.1, -0.05) is 49.4 Å². The number of imide groups is 1. The fraction of sp³-hybridized carbons (Fsp3) is 0.318. The van der Waals surface area contributed by atoms with Crippen LogP contribution in [0.15, 0.2) is 53.1 Å². The van der Waals surface area contributed by atoms with Gasteiger partial charge in [0.05, 0.1) is 12.1 Å². The molecule has 1 aliphatic carbocycles. The van der Waals surface area contributed by atoms with Crippen LogP contribution in [0.25, 0.3) is 11.4 Å². The van der Waals surface area contributed by atoms with Crippen LogP contribution in [0, 0.1) is 11.8 Å². The second-order valence-electron chi connectivity index (χ2n) is 7.94. The molecule has 2 aromatic rings. The van der Waals surface area contributed by atoms with Crippen molar-refractivity contribution in [1.29, 1.82) is 0 Å². The third-order valence-corrected chi connectivity index (χ3v) is 5.09. The molecular formula is C22H20F3N4O3+. The Morgan fingerprint density at radius 1 is 1.16 bits per heavy atom. The number of amides is 3. The van der Waals surface area contributed by atoms with Gasteiger partial charge < -0.3 is 4.52 Å². The summed E-state index contributed by atoms with van der Waals surface area (Å²) in [5.41, 5.74) is 0.0794. The molecule has 7 nitrogen and oxygen atoms in total. The summed E-state index contributed by atoms with van der Waals surface area (Å²) in [6, 6.07) is 3.91. The van der Waals surface area contributed by atoms with Gasteiger partial charge in [-0.15, -0.1) is 0 Å². The van der Waals surface area contributed by atoms with Crippen LogP contribution in [-0.2, 0) is 17.5 Å². The van der Waals surface area contributed by atoms with Crippen LogP contribution >= 0.6 is 0 Å². The van der Waals surface area contributed by atoms with Gasteiger partial charge in [-0.3, -0.25) is 0 Å². The van der Waals surface area contributed by atoms with Crippen LogP contribution in [0.1, 0.15) is 25.3 Å². The summed E-state index contributed by atoms with van der Waals surface area (Å²) in [4.78, 5) is 31.4. The molecule has 1 unspecified atom stereocenters. The van der Waals surface area contributed by atoms with Crippen molar-refractivity contribution in [1.82, 2.24) is 15.0 Å². The lowest BCUT2D eigenvalue weighted by molar-refractivity contribution is -0.460. The second kappa shape index (κ2) is 8.18. The van der Waals surface area contributed by atoms with Crippen molar-refractivity contribution in [3.05, 3.63) is 60.0 Å². The SMILES string of the molecule is CC(C)CN1C(=O)C2C=CC=CC2=[N+](Cc2nc(-c3ccc(C(F)(F)F)cc3)no2)C1=O. The van der Waals surface area contributed by atoms with E-state index >= 15 is 0 Å². The quantitative estimate of drug-likeness (QED) is 0.649. The van der Waals surface area contributed by atoms with E-state index in [4.69, 9.17) is 4.52 Å². The second-order valence-corrected chi connectivity index (χ2v) is 7.94. The van der Waals surface area contributed by atoms with Gasteiger partial charge in [0.2, 0.25) is 5.82 Å². The molecule has 1 aliphatic heterocycles. The van der Waals surface area contributed by atoms with Crippen molar-refractivity contribution in [3.8, 4) is 11.4 Å². The first-order valence-corrected chi connectivity index (χ1v) is 10.00. The number of allylic oxidation sites excluding steroid dienone is 3. The van der Waals surface area contributed by atoms with Gasteiger partial charge in [0, 0.05) is 5.56 Å². The van der Waals surface area contributed by atoms with E-state index in [1.54, 1.807) is 24.3 Å². The van der Waals surface area contributed by atoms with Crippen LogP contribution in [0.5, 0.6) is 0 Å². The fourth-order valence-corrected chi connectivity index (χ4v) is 3.59. The molecule has 0 saturated carbocycles. The minimum Gasteiger partial charge on any atom is -0.335 e. The Bertz CT molecular complexity index is 1140. The van der Waals surface area contributed by atoms with Crippen molar-refractivity contribution >= 4 is 17.6 Å². The highest BCUT2D eigenvalue weighted by Gasteiger charge is 2.47. The zero-order valence-corrected chi connectivity index (χ0v) is 17.3. The number of halogens is 3. The van der Waals surface area contributed by atoms with Crippen molar-refractivity contribution in [3.63, 3.8) is 0 Å². The van der Waals surface area contributed by atoms with Gasteiger partial charge in [-0.2, -0.15) is 32.4 Å². The number of hydrogen-bond donors (Lipinski definition) is 0. The molecule has 0 bridgehead atoms. The van der Waals surface area contributed by atoms with Gasteiger partial charge in [0.1, 0.15) is 11.6 Å². The third kappa shape index (κ3) is 4.12. The predicted octanol–water partition coefficient (Wildman–Crippen LogP) is 4.07. The van der Waals surface area contributed by atoms with Crippen LogP contribution in [0.4, 0.5) is 18.0 Å². The van der Waals surface area contributed by atoms with Gasteiger partial charge in [0.15, 0.2) is 6.54 Å². The lowest BCUT2D eigenvalue weighted by atomic mass is 9.94. The van der Waals surface area contributed by atoms with E-state index in [1.165, 1.54) is 21.6 Å². The number of fused-ring (bicyclic) bond motifs is 1. The molecule has 0 radical (unpaired) electrons. The summed E-state index contributed by atoms with van der Waals surface area (Å²) in [6.45, 7) is 4.03. The Morgan fingerprint density at radius 2 is 1.88 bits per heavy atom. The average molecular weight is 445 g/mol. The molecule has 1 aromatic carbocycles. The molecule has 0 spiro atoms. The number of hydrogen-bond acceptors (Lipinski definition) is 5. The Balaban J connectivity index is 1.62. The highest BCUT2D eigenvalue weighted by atomic mass is 19.4. The summed E-state index contributed by atoms with van der Waals surface area (Å²) in [5.74, 6) is -0.584. The van der Waals surface area contributed by atoms with E-state index in [1.807, 2.05) is 13.8 Å². The number of alkyl halides is 3. The first-order chi connectivity index (χ1) is 15.1. The van der Waals surface area contributed by atoms with E-state index in [0.717, 1.165) is 12.1 Å². The molecule has 1 atom stereocenters. The molecule has 3 amide bonds. The van der Waals surface area contributed by atoms with Gasteiger partial charge in [-0.05, 0) is 24.1 Å². The van der Waals surface area contributed by atoms with E-state index in [9.17, 15) is 22.8 Å². The Morgan fingerprint density at radius 3 is 2.53 bits per heavy atom. The zero-order valence-electron chi connectivity index (χ0n) is 17.3. The third-order valence-electron chi connectivity index (χ3n) is 5.09. The molecule has 0 N–H and O–H groups in total. The highest BCUT2D eigenvalue weighted by molar-refractivity contribution is 6.16. The molecule has 4 rings (SSSR count). The summed E-state index contributed by atoms with van der Waals surface area (Å²) >= 11 is 0. The standard InChI is InChI=1S/C22H20F3N4O3/c1-13(2)11-29-20(30)16-5-3-4-6-17(16)28(21(29)31)12-18-26-19(27-32-18)14-7-9-15(10-8-14)22(23,24)25/h3-10,13,16H,11-12H2,1-2H3/q+1.